The molecule has 0 aliphatic carbocycles. The Labute approximate surface area is 205 Å². The second-order valence-electron chi connectivity index (χ2n) is 8.16. The van der Waals surface area contributed by atoms with E-state index in [4.69, 9.17) is 4.98 Å². The normalized spacial score (nSPS) is 15.2. The number of anilines is 1. The summed E-state index contributed by atoms with van der Waals surface area (Å²) in [7, 11) is -3.52. The molecule has 3 aromatic rings. The number of rotatable bonds is 9. The number of hydrogen-bond acceptors (Lipinski definition) is 7. The van der Waals surface area contributed by atoms with Gasteiger partial charge in [-0.05, 0) is 36.4 Å². The molecule has 1 N–H and O–H groups in total. The molecule has 182 valence electrons. The van der Waals surface area contributed by atoms with Gasteiger partial charge in [0, 0.05) is 57.9 Å². The van der Waals surface area contributed by atoms with Crippen LogP contribution in [0.25, 0.3) is 10.2 Å². The van der Waals surface area contributed by atoms with Gasteiger partial charge in [-0.15, -0.1) is 0 Å². The first-order valence-electron chi connectivity index (χ1n) is 11.6. The van der Waals surface area contributed by atoms with Crippen LogP contribution >= 0.6 is 11.3 Å². The first-order chi connectivity index (χ1) is 16.4. The average molecular weight is 502 g/mol. The highest BCUT2D eigenvalue weighted by Crippen LogP contribution is 2.29. The van der Waals surface area contributed by atoms with E-state index in [1.165, 1.54) is 21.1 Å². The number of fused-ring (bicyclic) bond motifs is 1. The van der Waals surface area contributed by atoms with Gasteiger partial charge in [-0.25, -0.2) is 13.4 Å². The molecule has 0 radical (unpaired) electrons. The predicted octanol–water partition coefficient (Wildman–Crippen LogP) is 2.88. The highest BCUT2D eigenvalue weighted by molar-refractivity contribution is 7.89. The molecule has 1 aromatic heterocycles. The number of hydrogen-bond donors (Lipinski definition) is 1. The Morgan fingerprint density at radius 2 is 1.71 bits per heavy atom. The second-order valence-corrected chi connectivity index (χ2v) is 11.1. The van der Waals surface area contributed by atoms with Crippen LogP contribution in [0.5, 0.6) is 0 Å². The predicted molar refractivity (Wildman–Crippen MR) is 137 cm³/mol. The summed E-state index contributed by atoms with van der Waals surface area (Å²) in [6.45, 7) is 9.42. The summed E-state index contributed by atoms with van der Waals surface area (Å²) in [5, 5.41) is 4.02. The maximum absolute atomic E-state index is 12.6. The fourth-order valence-corrected chi connectivity index (χ4v) is 6.55. The van der Waals surface area contributed by atoms with Crippen molar-refractivity contribution in [3.05, 3.63) is 54.1 Å². The molecular weight excluding hydrogens is 470 g/mol. The van der Waals surface area contributed by atoms with Gasteiger partial charge in [0.15, 0.2) is 5.13 Å². The summed E-state index contributed by atoms with van der Waals surface area (Å²) in [5.74, 6) is -0.195. The van der Waals surface area contributed by atoms with Crippen molar-refractivity contribution < 1.29 is 13.2 Å². The van der Waals surface area contributed by atoms with Crippen molar-refractivity contribution >= 4 is 42.6 Å². The lowest BCUT2D eigenvalue weighted by Crippen LogP contribution is -2.48. The summed E-state index contributed by atoms with van der Waals surface area (Å²) in [6, 6.07) is 14.4. The van der Waals surface area contributed by atoms with Gasteiger partial charge in [-0.1, -0.05) is 37.3 Å². The maximum atomic E-state index is 12.6. The minimum absolute atomic E-state index is 0.195. The van der Waals surface area contributed by atoms with E-state index in [0.29, 0.717) is 25.2 Å². The maximum Gasteiger partial charge on any atom is 0.251 e. The zero-order chi connectivity index (χ0) is 24.1. The molecule has 0 spiro atoms. The van der Waals surface area contributed by atoms with Gasteiger partial charge in [-0.2, -0.15) is 4.31 Å². The number of benzene rings is 2. The van der Waals surface area contributed by atoms with Crippen LogP contribution in [-0.2, 0) is 10.0 Å². The van der Waals surface area contributed by atoms with Crippen LogP contribution in [0, 0.1) is 0 Å². The van der Waals surface area contributed by atoms with Gasteiger partial charge in [0.2, 0.25) is 10.0 Å². The number of thiazole rings is 1. The van der Waals surface area contributed by atoms with Gasteiger partial charge >= 0.3 is 0 Å². The largest absolute Gasteiger partial charge is 0.351 e. The van der Waals surface area contributed by atoms with Crippen molar-refractivity contribution in [3.8, 4) is 0 Å². The number of nitrogens with zero attached hydrogens (tertiary/aromatic N) is 4. The van der Waals surface area contributed by atoms with Crippen LogP contribution in [0.2, 0.25) is 0 Å². The van der Waals surface area contributed by atoms with Crippen LogP contribution in [0.4, 0.5) is 5.13 Å². The minimum Gasteiger partial charge on any atom is -0.351 e. The molecule has 34 heavy (non-hydrogen) atoms. The van der Waals surface area contributed by atoms with Gasteiger partial charge in [0.1, 0.15) is 0 Å². The summed E-state index contributed by atoms with van der Waals surface area (Å²) in [5.41, 5.74) is 1.51. The average Bonchev–Trinajstić information content (AvgIpc) is 3.29. The fraction of sp³-hybridized carbons (Fsp3) is 0.417. The van der Waals surface area contributed by atoms with E-state index < -0.39 is 10.0 Å². The number of aromatic nitrogens is 1. The summed E-state index contributed by atoms with van der Waals surface area (Å²) in [6.07, 6.45) is 0. The Kier molecular flexibility index (Phi) is 7.82. The third kappa shape index (κ3) is 5.41. The van der Waals surface area contributed by atoms with Crippen molar-refractivity contribution in [1.82, 2.24) is 19.5 Å². The number of carbonyl (C=O) groups is 1. The van der Waals surface area contributed by atoms with Crippen LogP contribution in [0.3, 0.4) is 0 Å². The lowest BCUT2D eigenvalue weighted by Gasteiger charge is -2.34. The number of sulfonamides is 1. The van der Waals surface area contributed by atoms with Gasteiger partial charge < -0.3 is 10.2 Å². The molecule has 1 aliphatic rings. The van der Waals surface area contributed by atoms with Crippen molar-refractivity contribution in [1.29, 1.82) is 0 Å². The van der Waals surface area contributed by atoms with Gasteiger partial charge in [0.05, 0.1) is 15.1 Å². The smallest absolute Gasteiger partial charge is 0.251 e. The second kappa shape index (κ2) is 10.8. The highest BCUT2D eigenvalue weighted by Gasteiger charge is 2.22. The van der Waals surface area contributed by atoms with E-state index in [1.807, 2.05) is 32.0 Å². The van der Waals surface area contributed by atoms with E-state index in [0.717, 1.165) is 43.4 Å². The molecule has 1 saturated heterocycles. The first kappa shape index (κ1) is 24.6. The molecule has 0 atom stereocenters. The molecule has 1 fully saturated rings. The van der Waals surface area contributed by atoms with E-state index in [-0.39, 0.29) is 10.8 Å². The van der Waals surface area contributed by atoms with E-state index in [1.54, 1.807) is 23.5 Å². The third-order valence-electron chi connectivity index (χ3n) is 6.10. The number of amides is 1. The number of piperazine rings is 1. The molecule has 1 amide bonds. The molecule has 8 nitrogen and oxygen atoms in total. The Balaban J connectivity index is 1.24. The van der Waals surface area contributed by atoms with Crippen LogP contribution in [0.15, 0.2) is 53.4 Å². The molecule has 10 heteroatoms. The Bertz CT molecular complexity index is 1180. The van der Waals surface area contributed by atoms with Crippen molar-refractivity contribution in [2.75, 3.05) is 57.3 Å². The standard InChI is InChI=1S/C24H31N5O3S2/c1-3-29(4-2)34(31,32)20-11-9-19(10-12-20)23(30)25-13-14-27-15-17-28(18-16-27)24-26-21-7-5-6-8-22(21)33-24/h5-12H,3-4,13-18H2,1-2H3,(H,25,30). The lowest BCUT2D eigenvalue weighted by molar-refractivity contribution is 0.0947. The summed E-state index contributed by atoms with van der Waals surface area (Å²) >= 11 is 1.73. The van der Waals surface area contributed by atoms with Crippen LogP contribution in [-0.4, -0.2) is 80.9 Å². The Hall–Kier alpha value is -2.53. The molecule has 0 bridgehead atoms. The van der Waals surface area contributed by atoms with E-state index in [2.05, 4.69) is 21.2 Å². The quantitative estimate of drug-likeness (QED) is 0.485. The molecule has 4 rings (SSSR count). The zero-order valence-corrected chi connectivity index (χ0v) is 21.2. The molecule has 1 aliphatic heterocycles. The van der Waals surface area contributed by atoms with Crippen LogP contribution in [0.1, 0.15) is 24.2 Å². The number of nitrogens with one attached hydrogen (secondary N) is 1. The monoisotopic (exact) mass is 501 g/mol. The number of carbonyl (C=O) groups excluding carboxylic acids is 1. The van der Waals surface area contributed by atoms with Crippen molar-refractivity contribution in [3.63, 3.8) is 0 Å². The van der Waals surface area contributed by atoms with E-state index >= 15 is 0 Å². The van der Waals surface area contributed by atoms with Gasteiger partial charge in [-0.3, -0.25) is 9.69 Å². The summed E-state index contributed by atoms with van der Waals surface area (Å²) < 4.78 is 27.8. The van der Waals surface area contributed by atoms with Crippen LogP contribution < -0.4 is 10.2 Å². The molecular formula is C24H31N5O3S2. The minimum atomic E-state index is -3.52. The SMILES string of the molecule is CCN(CC)S(=O)(=O)c1ccc(C(=O)NCCN2CCN(c3nc4ccccc4s3)CC2)cc1. The summed E-state index contributed by atoms with van der Waals surface area (Å²) in [4.78, 5) is 22.1. The Morgan fingerprint density at radius 1 is 1.03 bits per heavy atom. The molecule has 0 unspecified atom stereocenters. The fourth-order valence-electron chi connectivity index (χ4n) is 4.08. The topological polar surface area (TPSA) is 85.8 Å². The van der Waals surface area contributed by atoms with Crippen molar-refractivity contribution in [2.24, 2.45) is 0 Å². The van der Waals surface area contributed by atoms with Crippen molar-refractivity contribution in [2.45, 2.75) is 18.7 Å². The highest BCUT2D eigenvalue weighted by atomic mass is 32.2. The lowest BCUT2D eigenvalue weighted by atomic mass is 10.2. The third-order valence-corrected chi connectivity index (χ3v) is 9.26. The zero-order valence-electron chi connectivity index (χ0n) is 19.6. The van der Waals surface area contributed by atoms with E-state index in [9.17, 15) is 13.2 Å². The molecule has 0 saturated carbocycles. The molecule has 2 aromatic carbocycles. The molecule has 2 heterocycles. The number of para-hydroxylation sites is 1. The Morgan fingerprint density at radius 3 is 2.35 bits per heavy atom. The first-order valence-corrected chi connectivity index (χ1v) is 13.9. The van der Waals surface area contributed by atoms with Gasteiger partial charge in [0.25, 0.3) is 5.91 Å².